The zero-order valence-electron chi connectivity index (χ0n) is 6.97. The Hall–Kier alpha value is -0.440. The molecule has 0 aromatic heterocycles. The van der Waals surface area contributed by atoms with Gasteiger partial charge in [0, 0.05) is 13.1 Å². The lowest BCUT2D eigenvalue weighted by Crippen LogP contribution is -2.31. The van der Waals surface area contributed by atoms with E-state index in [0.29, 0.717) is 6.54 Å². The molecule has 1 amide bonds. The van der Waals surface area contributed by atoms with E-state index in [1.165, 1.54) is 0 Å². The lowest BCUT2D eigenvalue weighted by molar-refractivity contribution is 0.120. The molecule has 0 rings (SSSR count). The van der Waals surface area contributed by atoms with E-state index >= 15 is 0 Å². The second-order valence-corrected chi connectivity index (χ2v) is 2.32. The maximum Gasteiger partial charge on any atom is 0.410 e. The molecule has 0 bridgehead atoms. The van der Waals surface area contributed by atoms with E-state index in [4.69, 9.17) is 11.6 Å². The van der Waals surface area contributed by atoms with E-state index in [1.807, 2.05) is 13.8 Å². The quantitative estimate of drug-likeness (QED) is 0.619. The molecule has 0 atom stereocenters. The third kappa shape index (κ3) is 4.09. The standard InChI is InChI=1S/C7H14ClNO2/c1-3-5-9(4-2)7(10)11-6-8/h3-6H2,1-2H3. The van der Waals surface area contributed by atoms with Gasteiger partial charge in [-0.1, -0.05) is 18.5 Å². The van der Waals surface area contributed by atoms with Gasteiger partial charge in [0.2, 0.25) is 0 Å². The van der Waals surface area contributed by atoms with Crippen molar-refractivity contribution in [1.29, 1.82) is 0 Å². The number of amides is 1. The highest BCUT2D eigenvalue weighted by Crippen LogP contribution is 1.96. The van der Waals surface area contributed by atoms with Crippen molar-refractivity contribution in [2.24, 2.45) is 0 Å². The van der Waals surface area contributed by atoms with Crippen LogP contribution in [-0.4, -0.2) is 30.1 Å². The van der Waals surface area contributed by atoms with Crippen molar-refractivity contribution >= 4 is 17.7 Å². The predicted molar refractivity (Wildman–Crippen MR) is 44.7 cm³/mol. The highest BCUT2D eigenvalue weighted by Gasteiger charge is 2.09. The molecule has 0 saturated heterocycles. The number of carbonyl (C=O) groups is 1. The van der Waals surface area contributed by atoms with Gasteiger partial charge in [-0.15, -0.1) is 0 Å². The molecule has 11 heavy (non-hydrogen) atoms. The monoisotopic (exact) mass is 179 g/mol. The first-order valence-corrected chi connectivity index (χ1v) is 4.27. The summed E-state index contributed by atoms with van der Waals surface area (Å²) in [5.74, 6) is 0. The van der Waals surface area contributed by atoms with Crippen molar-refractivity contribution in [1.82, 2.24) is 4.90 Å². The fourth-order valence-electron chi connectivity index (χ4n) is 0.786. The van der Waals surface area contributed by atoms with Crippen LogP contribution in [0.25, 0.3) is 0 Å². The first kappa shape index (κ1) is 10.6. The van der Waals surface area contributed by atoms with Crippen LogP contribution in [0.1, 0.15) is 20.3 Å². The molecule has 0 aromatic rings. The Balaban J connectivity index is 3.71. The number of halogens is 1. The lowest BCUT2D eigenvalue weighted by atomic mass is 10.4. The molecule has 0 aromatic carbocycles. The van der Waals surface area contributed by atoms with Crippen LogP contribution in [0.2, 0.25) is 0 Å². The van der Waals surface area contributed by atoms with Crippen LogP contribution in [0.3, 0.4) is 0 Å². The van der Waals surface area contributed by atoms with Gasteiger partial charge in [-0.3, -0.25) is 0 Å². The molecule has 0 fully saturated rings. The lowest BCUT2D eigenvalue weighted by Gasteiger charge is -2.18. The second kappa shape index (κ2) is 6.28. The molecule has 0 aliphatic rings. The minimum absolute atomic E-state index is 0.0704. The van der Waals surface area contributed by atoms with Gasteiger partial charge in [0.15, 0.2) is 6.07 Å². The molecule has 4 heteroatoms. The highest BCUT2D eigenvalue weighted by atomic mass is 35.5. The van der Waals surface area contributed by atoms with Crippen molar-refractivity contribution in [3.05, 3.63) is 0 Å². The van der Waals surface area contributed by atoms with E-state index in [9.17, 15) is 4.79 Å². The Kier molecular flexibility index (Phi) is 6.03. The Morgan fingerprint density at radius 2 is 2.18 bits per heavy atom. The zero-order chi connectivity index (χ0) is 8.69. The Bertz CT molecular complexity index is 119. The summed E-state index contributed by atoms with van der Waals surface area (Å²) < 4.78 is 4.60. The Labute approximate surface area is 72.3 Å². The largest absolute Gasteiger partial charge is 0.433 e. The normalized spacial score (nSPS) is 9.36. The molecule has 0 radical (unpaired) electrons. The van der Waals surface area contributed by atoms with Crippen molar-refractivity contribution in [3.63, 3.8) is 0 Å². The van der Waals surface area contributed by atoms with Crippen LogP contribution in [0.15, 0.2) is 0 Å². The zero-order valence-corrected chi connectivity index (χ0v) is 7.73. The Morgan fingerprint density at radius 1 is 1.55 bits per heavy atom. The van der Waals surface area contributed by atoms with Gasteiger partial charge in [-0.2, -0.15) is 0 Å². The number of alkyl halides is 1. The van der Waals surface area contributed by atoms with Gasteiger partial charge in [-0.25, -0.2) is 4.79 Å². The average molecular weight is 180 g/mol. The first-order valence-electron chi connectivity index (χ1n) is 3.73. The van der Waals surface area contributed by atoms with Crippen molar-refractivity contribution in [2.75, 3.05) is 19.2 Å². The van der Waals surface area contributed by atoms with E-state index < -0.39 is 0 Å². The molecule has 0 aliphatic carbocycles. The van der Waals surface area contributed by atoms with Gasteiger partial charge in [-0.05, 0) is 13.3 Å². The van der Waals surface area contributed by atoms with E-state index in [-0.39, 0.29) is 12.2 Å². The molecule has 3 nitrogen and oxygen atoms in total. The summed E-state index contributed by atoms with van der Waals surface area (Å²) in [6.45, 7) is 5.32. The Morgan fingerprint density at radius 3 is 2.55 bits per heavy atom. The smallest absolute Gasteiger partial charge is 0.410 e. The van der Waals surface area contributed by atoms with E-state index in [1.54, 1.807) is 4.90 Å². The summed E-state index contributed by atoms with van der Waals surface area (Å²) in [6, 6.07) is -0.0704. The third-order valence-corrected chi connectivity index (χ3v) is 1.42. The first-order chi connectivity index (χ1) is 5.26. The third-order valence-electron chi connectivity index (χ3n) is 1.31. The predicted octanol–water partition coefficient (Wildman–Crippen LogP) is 2.05. The number of nitrogens with zero attached hydrogens (tertiary/aromatic N) is 1. The fraction of sp³-hybridized carbons (Fsp3) is 0.857. The minimum atomic E-state index is -0.329. The van der Waals surface area contributed by atoms with Crippen LogP contribution >= 0.6 is 11.6 Å². The van der Waals surface area contributed by atoms with Crippen LogP contribution in [0, 0.1) is 0 Å². The van der Waals surface area contributed by atoms with E-state index in [0.717, 1.165) is 13.0 Å². The molecular weight excluding hydrogens is 166 g/mol. The van der Waals surface area contributed by atoms with Crippen LogP contribution in [-0.2, 0) is 4.74 Å². The number of ether oxygens (including phenoxy) is 1. The summed E-state index contributed by atoms with van der Waals surface area (Å²) in [6.07, 6.45) is 0.606. The maximum atomic E-state index is 11.0. The van der Waals surface area contributed by atoms with Gasteiger partial charge < -0.3 is 9.64 Å². The average Bonchev–Trinajstić information content (AvgIpc) is 2.00. The molecule has 0 saturated carbocycles. The van der Waals surface area contributed by atoms with Crippen LogP contribution < -0.4 is 0 Å². The second-order valence-electron chi connectivity index (χ2n) is 2.10. The van der Waals surface area contributed by atoms with Crippen LogP contribution in [0.5, 0.6) is 0 Å². The minimum Gasteiger partial charge on any atom is -0.433 e. The maximum absolute atomic E-state index is 11.0. The number of rotatable bonds is 4. The summed E-state index contributed by atoms with van der Waals surface area (Å²) in [4.78, 5) is 12.6. The fourth-order valence-corrected chi connectivity index (χ4v) is 0.880. The summed E-state index contributed by atoms with van der Waals surface area (Å²) in [5.41, 5.74) is 0. The summed E-state index contributed by atoms with van der Waals surface area (Å²) in [7, 11) is 0. The molecule has 66 valence electrons. The summed E-state index contributed by atoms with van der Waals surface area (Å²) in [5, 5.41) is 0. The molecular formula is C7H14ClNO2. The van der Waals surface area contributed by atoms with Gasteiger partial charge in [0.05, 0.1) is 0 Å². The van der Waals surface area contributed by atoms with Crippen molar-refractivity contribution in [2.45, 2.75) is 20.3 Å². The van der Waals surface area contributed by atoms with Gasteiger partial charge in [0.25, 0.3) is 0 Å². The molecule has 0 N–H and O–H groups in total. The van der Waals surface area contributed by atoms with Gasteiger partial charge >= 0.3 is 6.09 Å². The molecule has 0 unspecified atom stereocenters. The molecule has 0 spiro atoms. The van der Waals surface area contributed by atoms with E-state index in [2.05, 4.69) is 4.74 Å². The van der Waals surface area contributed by atoms with Crippen molar-refractivity contribution < 1.29 is 9.53 Å². The van der Waals surface area contributed by atoms with Crippen molar-refractivity contribution in [3.8, 4) is 0 Å². The number of hydrogen-bond donors (Lipinski definition) is 0. The van der Waals surface area contributed by atoms with Gasteiger partial charge in [0.1, 0.15) is 0 Å². The van der Waals surface area contributed by atoms with Crippen LogP contribution in [0.4, 0.5) is 4.79 Å². The topological polar surface area (TPSA) is 29.5 Å². The highest BCUT2D eigenvalue weighted by molar-refractivity contribution is 6.17. The number of carbonyl (C=O) groups excluding carboxylic acids is 1. The number of hydrogen-bond acceptors (Lipinski definition) is 2. The SMILES string of the molecule is CCCN(CC)C(=O)OCCl. The summed E-state index contributed by atoms with van der Waals surface area (Å²) >= 11 is 5.23. The molecule has 0 heterocycles. The molecule has 0 aliphatic heterocycles.